The fraction of sp³-hybridized carbons (Fsp3) is 0.100. The Labute approximate surface area is 108 Å². The molecule has 8 heteroatoms. The second-order valence-corrected chi connectivity index (χ2v) is 6.00. The first-order valence-corrected chi connectivity index (χ1v) is 7.25. The van der Waals surface area contributed by atoms with E-state index < -0.39 is 9.05 Å². The van der Waals surface area contributed by atoms with Gasteiger partial charge in [-0.25, -0.2) is 13.1 Å². The molecule has 0 aliphatic heterocycles. The van der Waals surface area contributed by atoms with E-state index in [0.717, 1.165) is 0 Å². The zero-order valence-corrected chi connectivity index (χ0v) is 10.8. The molecular weight excluding hydrogens is 276 g/mol. The minimum atomic E-state index is -3.77. The van der Waals surface area contributed by atoms with Crippen LogP contribution in [0.1, 0.15) is 0 Å². The SMILES string of the molecule is C=CCn1nnnc1-c1cccc(S(=O)(=O)Cl)c1. The highest BCUT2D eigenvalue weighted by atomic mass is 35.7. The molecule has 0 aliphatic carbocycles. The molecule has 0 unspecified atom stereocenters. The molecule has 0 saturated heterocycles. The smallest absolute Gasteiger partial charge is 0.222 e. The second kappa shape index (κ2) is 4.87. The zero-order chi connectivity index (χ0) is 13.2. The first-order valence-electron chi connectivity index (χ1n) is 4.94. The maximum atomic E-state index is 11.3. The Kier molecular flexibility index (Phi) is 3.44. The highest BCUT2D eigenvalue weighted by molar-refractivity contribution is 8.13. The van der Waals surface area contributed by atoms with E-state index in [0.29, 0.717) is 17.9 Å². The zero-order valence-electron chi connectivity index (χ0n) is 9.19. The second-order valence-electron chi connectivity index (χ2n) is 3.44. The van der Waals surface area contributed by atoms with Gasteiger partial charge in [0.2, 0.25) is 0 Å². The molecule has 2 rings (SSSR count). The van der Waals surface area contributed by atoms with E-state index in [1.807, 2.05) is 0 Å². The van der Waals surface area contributed by atoms with Gasteiger partial charge in [-0.3, -0.25) is 0 Å². The standard InChI is InChI=1S/C10H9ClN4O2S/c1-2-6-15-10(12-13-14-15)8-4-3-5-9(7-8)18(11,16)17/h2-5,7H,1,6H2. The van der Waals surface area contributed by atoms with Gasteiger partial charge >= 0.3 is 0 Å². The normalized spacial score (nSPS) is 11.4. The highest BCUT2D eigenvalue weighted by Crippen LogP contribution is 2.22. The number of rotatable bonds is 4. The summed E-state index contributed by atoms with van der Waals surface area (Å²) in [5.41, 5.74) is 0.573. The Balaban J connectivity index is 2.51. The lowest BCUT2D eigenvalue weighted by atomic mass is 10.2. The van der Waals surface area contributed by atoms with Gasteiger partial charge in [0.25, 0.3) is 9.05 Å². The third-order valence-corrected chi connectivity index (χ3v) is 3.56. The molecule has 0 fully saturated rings. The molecule has 0 N–H and O–H groups in total. The number of nitrogens with zero attached hydrogens (tertiary/aromatic N) is 4. The molecule has 0 radical (unpaired) electrons. The summed E-state index contributed by atoms with van der Waals surface area (Å²) in [7, 11) is 1.52. The third kappa shape index (κ3) is 2.57. The molecule has 0 aliphatic rings. The summed E-state index contributed by atoms with van der Waals surface area (Å²) in [5, 5.41) is 11.2. The van der Waals surface area contributed by atoms with Crippen molar-refractivity contribution in [3.63, 3.8) is 0 Å². The molecule has 6 nitrogen and oxygen atoms in total. The molecule has 0 amide bonds. The summed E-state index contributed by atoms with van der Waals surface area (Å²) >= 11 is 0. The molecule has 0 bridgehead atoms. The Morgan fingerprint density at radius 1 is 1.44 bits per heavy atom. The van der Waals surface area contributed by atoms with Crippen LogP contribution in [0.15, 0.2) is 41.8 Å². The molecular formula is C10H9ClN4O2S. The Hall–Kier alpha value is -1.73. The average Bonchev–Trinajstić information content (AvgIpc) is 2.77. The maximum absolute atomic E-state index is 11.3. The van der Waals surface area contributed by atoms with Crippen molar-refractivity contribution in [1.82, 2.24) is 20.2 Å². The summed E-state index contributed by atoms with van der Waals surface area (Å²) in [4.78, 5) is 0.00909. The van der Waals surface area contributed by atoms with E-state index in [1.165, 1.54) is 16.8 Å². The number of aromatic nitrogens is 4. The molecule has 18 heavy (non-hydrogen) atoms. The fourth-order valence-corrected chi connectivity index (χ4v) is 2.24. The Morgan fingerprint density at radius 2 is 2.22 bits per heavy atom. The minimum Gasteiger partial charge on any atom is -0.222 e. The van der Waals surface area contributed by atoms with Gasteiger partial charge in [-0.15, -0.1) is 11.7 Å². The summed E-state index contributed by atoms with van der Waals surface area (Å²) < 4.78 is 24.0. The van der Waals surface area contributed by atoms with E-state index in [-0.39, 0.29) is 4.90 Å². The van der Waals surface area contributed by atoms with Crippen molar-refractivity contribution in [2.24, 2.45) is 0 Å². The van der Waals surface area contributed by atoms with Gasteiger partial charge in [-0.1, -0.05) is 18.2 Å². The van der Waals surface area contributed by atoms with Crippen molar-refractivity contribution in [1.29, 1.82) is 0 Å². The van der Waals surface area contributed by atoms with Crippen LogP contribution in [0.3, 0.4) is 0 Å². The number of allylic oxidation sites excluding steroid dienone is 1. The van der Waals surface area contributed by atoms with E-state index in [4.69, 9.17) is 10.7 Å². The molecule has 2 aromatic rings. The van der Waals surface area contributed by atoms with Crippen LogP contribution in [0.25, 0.3) is 11.4 Å². The van der Waals surface area contributed by atoms with Gasteiger partial charge in [0, 0.05) is 16.2 Å². The van der Waals surface area contributed by atoms with Gasteiger partial charge in [0.05, 0.1) is 11.4 Å². The highest BCUT2D eigenvalue weighted by Gasteiger charge is 2.13. The number of hydrogen-bond acceptors (Lipinski definition) is 5. The average molecular weight is 285 g/mol. The first-order chi connectivity index (χ1) is 8.52. The number of tetrazole rings is 1. The summed E-state index contributed by atoms with van der Waals surface area (Å²) in [6.45, 7) is 4.02. The van der Waals surface area contributed by atoms with Crippen molar-refractivity contribution in [2.75, 3.05) is 0 Å². The quantitative estimate of drug-likeness (QED) is 0.627. The fourth-order valence-electron chi connectivity index (χ4n) is 1.44. The molecule has 1 heterocycles. The van der Waals surface area contributed by atoms with Crippen molar-refractivity contribution in [3.8, 4) is 11.4 Å². The summed E-state index contributed by atoms with van der Waals surface area (Å²) in [6.07, 6.45) is 1.64. The lowest BCUT2D eigenvalue weighted by Gasteiger charge is -2.03. The lowest BCUT2D eigenvalue weighted by molar-refractivity contribution is 0.609. The topological polar surface area (TPSA) is 77.7 Å². The van der Waals surface area contributed by atoms with Crippen molar-refractivity contribution < 1.29 is 8.42 Å². The number of hydrogen-bond donors (Lipinski definition) is 0. The summed E-state index contributed by atoms with van der Waals surface area (Å²) in [6, 6.07) is 6.12. The molecule has 1 aromatic heterocycles. The van der Waals surface area contributed by atoms with Crippen LogP contribution in [0.5, 0.6) is 0 Å². The van der Waals surface area contributed by atoms with Gasteiger partial charge in [0.15, 0.2) is 5.82 Å². The van der Waals surface area contributed by atoms with Gasteiger partial charge < -0.3 is 0 Å². The van der Waals surface area contributed by atoms with Crippen LogP contribution in [0.4, 0.5) is 0 Å². The van der Waals surface area contributed by atoms with Crippen LogP contribution in [0.2, 0.25) is 0 Å². The van der Waals surface area contributed by atoms with Gasteiger partial charge in [-0.2, -0.15) is 0 Å². The molecule has 0 saturated carbocycles. The predicted octanol–water partition coefficient (Wildman–Crippen LogP) is 1.45. The monoisotopic (exact) mass is 284 g/mol. The van der Waals surface area contributed by atoms with E-state index in [1.54, 1.807) is 18.2 Å². The molecule has 0 spiro atoms. The largest absolute Gasteiger partial charge is 0.261 e. The van der Waals surface area contributed by atoms with Crippen molar-refractivity contribution in [3.05, 3.63) is 36.9 Å². The van der Waals surface area contributed by atoms with Crippen molar-refractivity contribution >= 4 is 19.7 Å². The number of halogens is 1. The van der Waals surface area contributed by atoms with Crippen LogP contribution in [-0.4, -0.2) is 28.6 Å². The van der Waals surface area contributed by atoms with Crippen LogP contribution >= 0.6 is 10.7 Å². The lowest BCUT2D eigenvalue weighted by Crippen LogP contribution is -2.01. The van der Waals surface area contributed by atoms with Crippen LogP contribution in [0, 0.1) is 0 Å². The minimum absolute atomic E-state index is 0.00909. The molecule has 1 aromatic carbocycles. The first kappa shape index (κ1) is 12.7. The van der Waals surface area contributed by atoms with E-state index in [9.17, 15) is 8.42 Å². The van der Waals surface area contributed by atoms with Crippen LogP contribution in [-0.2, 0) is 15.6 Å². The Morgan fingerprint density at radius 3 is 2.89 bits per heavy atom. The van der Waals surface area contributed by atoms with Crippen LogP contribution < -0.4 is 0 Å². The summed E-state index contributed by atoms with van der Waals surface area (Å²) in [5.74, 6) is 0.456. The van der Waals surface area contributed by atoms with Gasteiger partial charge in [0.1, 0.15) is 0 Å². The van der Waals surface area contributed by atoms with E-state index in [2.05, 4.69) is 22.1 Å². The van der Waals surface area contributed by atoms with Gasteiger partial charge in [-0.05, 0) is 22.6 Å². The predicted molar refractivity (Wildman–Crippen MR) is 66.5 cm³/mol. The number of benzene rings is 1. The molecule has 0 atom stereocenters. The molecule has 94 valence electrons. The third-order valence-electron chi connectivity index (χ3n) is 2.21. The van der Waals surface area contributed by atoms with Crippen molar-refractivity contribution in [2.45, 2.75) is 11.4 Å². The maximum Gasteiger partial charge on any atom is 0.261 e. The van der Waals surface area contributed by atoms with E-state index >= 15 is 0 Å². The Bertz CT molecular complexity index is 681.